The van der Waals surface area contributed by atoms with E-state index in [0.717, 1.165) is 100 Å². The summed E-state index contributed by atoms with van der Waals surface area (Å²) < 4.78 is 18.1. The van der Waals surface area contributed by atoms with E-state index in [9.17, 15) is 0 Å². The first-order chi connectivity index (χ1) is 22.0. The quantitative estimate of drug-likeness (QED) is 0.0747. The third kappa shape index (κ3) is 9.73. The van der Waals surface area contributed by atoms with Gasteiger partial charge >= 0.3 is 0 Å². The monoisotopic (exact) mass is 654 g/mol. The van der Waals surface area contributed by atoms with E-state index in [1.165, 1.54) is 16.4 Å². The number of thioether (sulfide) groups is 1. The lowest BCUT2D eigenvalue weighted by Gasteiger charge is -2.28. The SMILES string of the molecule is CCCCC(Oc1ccc(C(N)=NO)cc1)Oc1ccc(-c2nc(N(C)CCN3CCOCC3)sc2CN2CCSCC2)cc1. The number of likely N-dealkylation sites (N-methyl/N-ethyl adjacent to an activating group) is 1. The molecule has 0 bridgehead atoms. The maximum atomic E-state index is 8.94. The van der Waals surface area contributed by atoms with Gasteiger partial charge in [-0.1, -0.05) is 29.8 Å². The van der Waals surface area contributed by atoms with Crippen molar-refractivity contribution in [1.82, 2.24) is 14.8 Å². The fourth-order valence-electron chi connectivity index (χ4n) is 5.28. The summed E-state index contributed by atoms with van der Waals surface area (Å²) in [5.74, 6) is 3.84. The Morgan fingerprint density at radius 2 is 1.69 bits per heavy atom. The lowest BCUT2D eigenvalue weighted by atomic mass is 10.1. The van der Waals surface area contributed by atoms with Gasteiger partial charge < -0.3 is 30.1 Å². The number of oxime groups is 1. The van der Waals surface area contributed by atoms with E-state index in [1.54, 1.807) is 24.3 Å². The number of amidine groups is 1. The Bertz CT molecular complexity index is 1340. The maximum Gasteiger partial charge on any atom is 0.241 e. The maximum absolute atomic E-state index is 8.94. The number of hydrogen-bond acceptors (Lipinski definition) is 11. The summed E-state index contributed by atoms with van der Waals surface area (Å²) in [6, 6.07) is 15.4. The Morgan fingerprint density at radius 1 is 1.02 bits per heavy atom. The summed E-state index contributed by atoms with van der Waals surface area (Å²) in [6.45, 7) is 10.9. The van der Waals surface area contributed by atoms with Crippen LogP contribution in [0.3, 0.4) is 0 Å². The zero-order valence-electron chi connectivity index (χ0n) is 26.4. The van der Waals surface area contributed by atoms with Gasteiger partial charge in [0, 0.05) is 86.8 Å². The van der Waals surface area contributed by atoms with Gasteiger partial charge in [0.15, 0.2) is 11.0 Å². The predicted octanol–water partition coefficient (Wildman–Crippen LogP) is 5.20. The minimum atomic E-state index is -0.441. The van der Waals surface area contributed by atoms with Crippen LogP contribution in [0.4, 0.5) is 5.13 Å². The van der Waals surface area contributed by atoms with E-state index in [0.29, 0.717) is 11.3 Å². The van der Waals surface area contributed by atoms with E-state index >= 15 is 0 Å². The number of hydrogen-bond donors (Lipinski definition) is 2. The Hall–Kier alpha value is -3.03. The molecule has 45 heavy (non-hydrogen) atoms. The molecule has 2 aromatic carbocycles. The first-order valence-electron chi connectivity index (χ1n) is 15.8. The molecule has 2 aliphatic rings. The molecule has 0 saturated carbocycles. The van der Waals surface area contributed by atoms with Crippen molar-refractivity contribution in [3.05, 3.63) is 59.0 Å². The van der Waals surface area contributed by atoms with Crippen LogP contribution in [0.5, 0.6) is 11.5 Å². The largest absolute Gasteiger partial charge is 0.455 e. The van der Waals surface area contributed by atoms with Crippen LogP contribution in [0.2, 0.25) is 0 Å². The van der Waals surface area contributed by atoms with Gasteiger partial charge in [0.25, 0.3) is 0 Å². The van der Waals surface area contributed by atoms with Crippen molar-refractivity contribution < 1.29 is 19.4 Å². The zero-order chi connectivity index (χ0) is 31.4. The highest BCUT2D eigenvalue weighted by Gasteiger charge is 2.21. The van der Waals surface area contributed by atoms with Gasteiger partial charge in [-0.15, -0.1) is 0 Å². The molecule has 0 radical (unpaired) electrons. The molecular formula is C33H46N6O4S2. The van der Waals surface area contributed by atoms with Crippen LogP contribution in [-0.2, 0) is 11.3 Å². The predicted molar refractivity (Wildman–Crippen MR) is 184 cm³/mol. The van der Waals surface area contributed by atoms with Gasteiger partial charge in [0.1, 0.15) is 11.5 Å². The zero-order valence-corrected chi connectivity index (χ0v) is 28.0. The van der Waals surface area contributed by atoms with E-state index < -0.39 is 6.29 Å². The average Bonchev–Trinajstić information content (AvgIpc) is 3.51. The van der Waals surface area contributed by atoms with Crippen LogP contribution in [0.25, 0.3) is 11.3 Å². The molecule has 5 rings (SSSR count). The lowest BCUT2D eigenvalue weighted by molar-refractivity contribution is -0.00211. The number of aromatic nitrogens is 1. The molecule has 0 spiro atoms. The van der Waals surface area contributed by atoms with Crippen molar-refractivity contribution in [3.8, 4) is 22.8 Å². The number of nitrogens with zero attached hydrogens (tertiary/aromatic N) is 5. The third-order valence-electron chi connectivity index (χ3n) is 8.05. The molecule has 3 aromatic rings. The summed E-state index contributed by atoms with van der Waals surface area (Å²) in [7, 11) is 2.15. The molecule has 2 fully saturated rings. The standard InChI is InChI=1S/C33H46N6O4S2/c1-3-4-5-30(43-28-12-8-26(9-13-28)32(34)36-40)42-27-10-6-25(7-11-27)31-29(24-39-18-22-44-23-19-39)45-33(35-31)37(2)14-15-38-16-20-41-21-17-38/h6-13,30,40H,3-5,14-24H2,1-2H3,(H2,34,36). The van der Waals surface area contributed by atoms with Gasteiger partial charge in [-0.25, -0.2) is 4.98 Å². The van der Waals surface area contributed by atoms with E-state index in [-0.39, 0.29) is 5.84 Å². The number of benzene rings is 2. The first kappa shape index (κ1) is 33.3. The lowest BCUT2D eigenvalue weighted by Crippen LogP contribution is -2.40. The number of anilines is 1. The van der Waals surface area contributed by atoms with Gasteiger partial charge in [-0.2, -0.15) is 11.8 Å². The second-order valence-corrected chi connectivity index (χ2v) is 13.7. The topological polar surface area (TPSA) is 109 Å². The summed E-state index contributed by atoms with van der Waals surface area (Å²) in [6.07, 6.45) is 2.33. The molecular weight excluding hydrogens is 609 g/mol. The molecule has 2 aliphatic heterocycles. The van der Waals surface area contributed by atoms with Crippen molar-refractivity contribution in [3.63, 3.8) is 0 Å². The van der Waals surface area contributed by atoms with Gasteiger partial charge in [0.05, 0.1) is 18.9 Å². The molecule has 3 N–H and O–H groups in total. The van der Waals surface area contributed by atoms with E-state index in [2.05, 4.69) is 46.0 Å². The first-order valence-corrected chi connectivity index (χ1v) is 17.8. The number of morpholine rings is 1. The summed E-state index contributed by atoms with van der Waals surface area (Å²) in [5, 5.41) is 13.1. The molecule has 0 amide bonds. The van der Waals surface area contributed by atoms with E-state index in [1.807, 2.05) is 35.2 Å². The van der Waals surface area contributed by atoms with Crippen LogP contribution >= 0.6 is 23.1 Å². The van der Waals surface area contributed by atoms with Crippen molar-refractivity contribution in [2.24, 2.45) is 10.9 Å². The van der Waals surface area contributed by atoms with Gasteiger partial charge in [-0.3, -0.25) is 9.80 Å². The number of nitrogens with two attached hydrogens (primary N) is 1. The second-order valence-electron chi connectivity index (χ2n) is 11.4. The average molecular weight is 655 g/mol. The van der Waals surface area contributed by atoms with Gasteiger partial charge in [0.2, 0.25) is 6.29 Å². The van der Waals surface area contributed by atoms with Crippen molar-refractivity contribution in [1.29, 1.82) is 0 Å². The number of thiazole rings is 1. The molecule has 10 nitrogen and oxygen atoms in total. The number of unbranched alkanes of at least 4 members (excludes halogenated alkanes) is 1. The molecule has 2 saturated heterocycles. The third-order valence-corrected chi connectivity index (χ3v) is 10.1. The molecule has 1 unspecified atom stereocenters. The second kappa shape index (κ2) is 17.0. The van der Waals surface area contributed by atoms with Crippen molar-refractivity contribution in [2.45, 2.75) is 39.0 Å². The highest BCUT2D eigenvalue weighted by atomic mass is 32.2. The molecule has 1 aromatic heterocycles. The van der Waals surface area contributed by atoms with Crippen LogP contribution in [0.15, 0.2) is 53.7 Å². The molecule has 244 valence electrons. The fourth-order valence-corrected chi connectivity index (χ4v) is 7.37. The normalized spacial score (nSPS) is 17.2. The molecule has 12 heteroatoms. The Balaban J connectivity index is 1.29. The summed E-state index contributed by atoms with van der Waals surface area (Å²) in [4.78, 5) is 13.8. The van der Waals surface area contributed by atoms with Crippen LogP contribution in [0, 0.1) is 0 Å². The number of ether oxygens (including phenoxy) is 3. The molecule has 1 atom stereocenters. The van der Waals surface area contributed by atoms with Crippen LogP contribution < -0.4 is 20.1 Å². The van der Waals surface area contributed by atoms with E-state index in [4.69, 9.17) is 30.1 Å². The van der Waals surface area contributed by atoms with Crippen LogP contribution in [0.1, 0.15) is 36.6 Å². The Morgan fingerprint density at radius 3 is 2.33 bits per heavy atom. The molecule has 0 aliphatic carbocycles. The van der Waals surface area contributed by atoms with Gasteiger partial charge in [-0.05, 0) is 55.0 Å². The minimum Gasteiger partial charge on any atom is -0.455 e. The minimum absolute atomic E-state index is 0.0605. The summed E-state index contributed by atoms with van der Waals surface area (Å²) >= 11 is 3.85. The Labute approximate surface area is 275 Å². The van der Waals surface area contributed by atoms with Crippen molar-refractivity contribution in [2.75, 3.05) is 75.9 Å². The van der Waals surface area contributed by atoms with Crippen molar-refractivity contribution >= 4 is 34.1 Å². The number of rotatable bonds is 15. The fraction of sp³-hybridized carbons (Fsp3) is 0.515. The smallest absolute Gasteiger partial charge is 0.241 e. The summed E-state index contributed by atoms with van der Waals surface area (Å²) in [5.41, 5.74) is 8.48. The highest BCUT2D eigenvalue weighted by molar-refractivity contribution is 7.99. The highest BCUT2D eigenvalue weighted by Crippen LogP contribution is 2.35. The molecule has 3 heterocycles. The van der Waals surface area contributed by atoms with Crippen LogP contribution in [-0.4, -0.2) is 103 Å². The Kier molecular flexibility index (Phi) is 12.6.